The summed E-state index contributed by atoms with van der Waals surface area (Å²) in [5.74, 6) is -0.601. The van der Waals surface area contributed by atoms with E-state index in [4.69, 9.17) is 0 Å². The molecule has 0 radical (unpaired) electrons. The molecular formula is C17H14FN3O3. The van der Waals surface area contributed by atoms with E-state index >= 15 is 0 Å². The molecule has 0 spiro atoms. The molecule has 7 heteroatoms. The van der Waals surface area contributed by atoms with Gasteiger partial charge in [-0.25, -0.2) is 9.40 Å². The molecule has 0 fully saturated rings. The van der Waals surface area contributed by atoms with Crippen LogP contribution in [0.25, 0.3) is 0 Å². The molecule has 0 N–H and O–H groups in total. The van der Waals surface area contributed by atoms with Gasteiger partial charge in [-0.1, -0.05) is 24.3 Å². The summed E-state index contributed by atoms with van der Waals surface area (Å²) in [7, 11) is 0. The van der Waals surface area contributed by atoms with Crippen LogP contribution in [0.1, 0.15) is 30.5 Å². The second-order valence-electron chi connectivity index (χ2n) is 5.49. The number of hydrogen-bond donors (Lipinski definition) is 0. The first-order valence-corrected chi connectivity index (χ1v) is 7.33. The van der Waals surface area contributed by atoms with Gasteiger partial charge in [0.05, 0.1) is 16.7 Å². The molecule has 0 saturated carbocycles. The van der Waals surface area contributed by atoms with Crippen molar-refractivity contribution in [1.29, 1.82) is 0 Å². The van der Waals surface area contributed by atoms with Crippen LogP contribution in [-0.4, -0.2) is 21.6 Å². The van der Waals surface area contributed by atoms with Gasteiger partial charge in [0.1, 0.15) is 5.82 Å². The van der Waals surface area contributed by atoms with Crippen molar-refractivity contribution in [2.24, 2.45) is 5.10 Å². The molecule has 1 amide bonds. The maximum absolute atomic E-state index is 13.1. The minimum absolute atomic E-state index is 0.0326. The van der Waals surface area contributed by atoms with E-state index in [1.165, 1.54) is 36.2 Å². The largest absolute Gasteiger partial charge is 0.273 e. The van der Waals surface area contributed by atoms with Crippen LogP contribution in [0.4, 0.5) is 10.1 Å². The summed E-state index contributed by atoms with van der Waals surface area (Å²) in [5, 5.41) is 16.6. The van der Waals surface area contributed by atoms with Crippen LogP contribution in [-0.2, 0) is 4.79 Å². The summed E-state index contributed by atoms with van der Waals surface area (Å²) in [4.78, 5) is 22.3. The number of rotatable bonds is 3. The fourth-order valence-electron chi connectivity index (χ4n) is 2.72. The predicted molar refractivity (Wildman–Crippen MR) is 85.9 cm³/mol. The molecule has 0 bridgehead atoms. The smallest absolute Gasteiger partial charge is 0.270 e. The average molecular weight is 327 g/mol. The third kappa shape index (κ3) is 3.01. The van der Waals surface area contributed by atoms with Crippen LogP contribution in [0.2, 0.25) is 0 Å². The summed E-state index contributed by atoms with van der Waals surface area (Å²) in [6.07, 6.45) is 0.409. The third-order valence-corrected chi connectivity index (χ3v) is 3.88. The monoisotopic (exact) mass is 327 g/mol. The molecule has 0 unspecified atom stereocenters. The molecular weight excluding hydrogens is 313 g/mol. The molecule has 0 aromatic heterocycles. The number of carbonyl (C=O) groups is 1. The van der Waals surface area contributed by atoms with Crippen molar-refractivity contribution in [2.45, 2.75) is 19.4 Å². The van der Waals surface area contributed by atoms with E-state index in [-0.39, 0.29) is 23.5 Å². The Morgan fingerprint density at radius 1 is 1.29 bits per heavy atom. The van der Waals surface area contributed by atoms with Crippen LogP contribution in [0.3, 0.4) is 0 Å². The van der Waals surface area contributed by atoms with Crippen molar-refractivity contribution in [3.05, 3.63) is 75.6 Å². The van der Waals surface area contributed by atoms with Gasteiger partial charge in [0.15, 0.2) is 0 Å². The zero-order chi connectivity index (χ0) is 17.3. The van der Waals surface area contributed by atoms with E-state index in [1.54, 1.807) is 24.3 Å². The lowest BCUT2D eigenvalue weighted by molar-refractivity contribution is -0.384. The molecule has 3 rings (SSSR count). The third-order valence-electron chi connectivity index (χ3n) is 3.88. The van der Waals surface area contributed by atoms with Crippen molar-refractivity contribution in [1.82, 2.24) is 5.01 Å². The fraction of sp³-hybridized carbons (Fsp3) is 0.176. The van der Waals surface area contributed by atoms with Crippen molar-refractivity contribution in [2.75, 3.05) is 0 Å². The van der Waals surface area contributed by atoms with Crippen LogP contribution < -0.4 is 0 Å². The summed E-state index contributed by atoms with van der Waals surface area (Å²) in [6, 6.07) is 11.7. The Balaban J connectivity index is 1.95. The Morgan fingerprint density at radius 3 is 2.62 bits per heavy atom. The number of halogens is 1. The van der Waals surface area contributed by atoms with E-state index < -0.39 is 4.92 Å². The number of carbonyl (C=O) groups excluding carboxylic acids is 1. The van der Waals surface area contributed by atoms with Crippen molar-refractivity contribution >= 4 is 17.3 Å². The van der Waals surface area contributed by atoms with Crippen LogP contribution >= 0.6 is 0 Å². The fourth-order valence-corrected chi connectivity index (χ4v) is 2.72. The number of non-ortho nitro benzene ring substituents is 1. The zero-order valence-corrected chi connectivity index (χ0v) is 12.8. The zero-order valence-electron chi connectivity index (χ0n) is 12.8. The number of nitrogens with zero attached hydrogens (tertiary/aromatic N) is 3. The van der Waals surface area contributed by atoms with Gasteiger partial charge in [0.25, 0.3) is 5.69 Å². The lowest BCUT2D eigenvalue weighted by Crippen LogP contribution is -2.24. The van der Waals surface area contributed by atoms with Gasteiger partial charge in [-0.15, -0.1) is 0 Å². The summed E-state index contributed by atoms with van der Waals surface area (Å²) in [6.45, 7) is 1.40. The van der Waals surface area contributed by atoms with E-state index in [1.807, 2.05) is 0 Å². The summed E-state index contributed by atoms with van der Waals surface area (Å²) >= 11 is 0. The maximum Gasteiger partial charge on any atom is 0.270 e. The van der Waals surface area contributed by atoms with Crippen LogP contribution in [0.5, 0.6) is 0 Å². The van der Waals surface area contributed by atoms with Crippen molar-refractivity contribution in [3.63, 3.8) is 0 Å². The molecule has 0 aliphatic carbocycles. The van der Waals surface area contributed by atoms with Crippen molar-refractivity contribution in [3.8, 4) is 0 Å². The van der Waals surface area contributed by atoms with E-state index in [9.17, 15) is 19.3 Å². The first-order chi connectivity index (χ1) is 11.5. The quantitative estimate of drug-likeness (QED) is 0.640. The Morgan fingerprint density at radius 2 is 2.00 bits per heavy atom. The number of hydrogen-bond acceptors (Lipinski definition) is 4. The predicted octanol–water partition coefficient (Wildman–Crippen LogP) is 3.43. The first kappa shape index (κ1) is 15.8. The number of amides is 1. The molecule has 24 heavy (non-hydrogen) atoms. The summed E-state index contributed by atoms with van der Waals surface area (Å²) < 4.78 is 13.1. The molecule has 1 aliphatic heterocycles. The topological polar surface area (TPSA) is 75.8 Å². The van der Waals surface area contributed by atoms with Gasteiger partial charge in [-0.2, -0.15) is 5.10 Å². The van der Waals surface area contributed by atoms with Crippen LogP contribution in [0.15, 0.2) is 53.6 Å². The van der Waals surface area contributed by atoms with Gasteiger partial charge in [-0.3, -0.25) is 14.9 Å². The molecule has 2 aromatic carbocycles. The van der Waals surface area contributed by atoms with E-state index in [0.29, 0.717) is 17.7 Å². The second kappa shape index (κ2) is 6.19. The highest BCUT2D eigenvalue weighted by Gasteiger charge is 2.31. The van der Waals surface area contributed by atoms with Crippen LogP contribution in [0, 0.1) is 15.9 Å². The number of nitro groups is 1. The van der Waals surface area contributed by atoms with Gasteiger partial charge in [-0.05, 0) is 17.7 Å². The second-order valence-corrected chi connectivity index (χ2v) is 5.49. The Bertz CT molecular complexity index is 833. The van der Waals surface area contributed by atoms with E-state index in [2.05, 4.69) is 5.10 Å². The molecule has 1 heterocycles. The highest BCUT2D eigenvalue weighted by molar-refractivity contribution is 6.03. The molecule has 1 atom stereocenters. The minimum atomic E-state index is -0.473. The number of nitro benzene ring substituents is 1. The van der Waals surface area contributed by atoms with Gasteiger partial charge in [0, 0.05) is 31.0 Å². The highest BCUT2D eigenvalue weighted by Crippen LogP contribution is 2.33. The highest BCUT2D eigenvalue weighted by atomic mass is 19.1. The maximum atomic E-state index is 13.1. The Kier molecular flexibility index (Phi) is 4.07. The van der Waals surface area contributed by atoms with Gasteiger partial charge in [0.2, 0.25) is 5.91 Å². The Hall–Kier alpha value is -3.09. The SMILES string of the molecule is CC(=O)N1N=C(c2cccc([N+](=O)[O-])c2)C[C@H]1c1ccc(F)cc1. The number of hydrazone groups is 1. The standard InChI is InChI=1S/C17H14FN3O3/c1-11(22)20-17(12-5-7-14(18)8-6-12)10-16(19-20)13-3-2-4-15(9-13)21(23)24/h2-9,17H,10H2,1H3/t17-/m0/s1. The lowest BCUT2D eigenvalue weighted by atomic mass is 9.98. The normalized spacial score (nSPS) is 16.8. The molecule has 122 valence electrons. The van der Waals surface area contributed by atoms with Crippen molar-refractivity contribution < 1.29 is 14.1 Å². The molecule has 0 saturated heterocycles. The molecule has 1 aliphatic rings. The lowest BCUT2D eigenvalue weighted by Gasteiger charge is -2.20. The molecule has 2 aromatic rings. The average Bonchev–Trinajstić information content (AvgIpc) is 3.01. The van der Waals surface area contributed by atoms with Gasteiger partial charge >= 0.3 is 0 Å². The van der Waals surface area contributed by atoms with Gasteiger partial charge < -0.3 is 0 Å². The number of benzene rings is 2. The van der Waals surface area contributed by atoms with E-state index in [0.717, 1.165) is 5.56 Å². The Labute approximate surface area is 137 Å². The minimum Gasteiger partial charge on any atom is -0.273 e. The first-order valence-electron chi connectivity index (χ1n) is 7.33. The molecule has 6 nitrogen and oxygen atoms in total. The summed E-state index contributed by atoms with van der Waals surface area (Å²) in [5.41, 5.74) is 1.91.